The largest absolute Gasteiger partial charge is 0.495 e. The van der Waals surface area contributed by atoms with Gasteiger partial charge in [-0.15, -0.1) is 0 Å². The van der Waals surface area contributed by atoms with Gasteiger partial charge in [0.05, 0.1) is 17.7 Å². The van der Waals surface area contributed by atoms with E-state index >= 15 is 0 Å². The van der Waals surface area contributed by atoms with Crippen LogP contribution in [0.15, 0.2) is 30.5 Å². The maximum Gasteiger partial charge on any atom is 0.148 e. The molecule has 0 saturated carbocycles. The number of methoxy groups -OCH3 is 1. The van der Waals surface area contributed by atoms with E-state index in [2.05, 4.69) is 16.4 Å². The highest BCUT2D eigenvalue weighted by atomic mass is 35.5. The molecule has 1 heterocycles. The van der Waals surface area contributed by atoms with E-state index in [4.69, 9.17) is 21.6 Å². The van der Waals surface area contributed by atoms with Gasteiger partial charge < -0.3 is 10.1 Å². The summed E-state index contributed by atoms with van der Waals surface area (Å²) in [5.74, 6) is 1.09. The average Bonchev–Trinajstić information content (AvgIpc) is 2.41. The van der Waals surface area contributed by atoms with Crippen LogP contribution in [-0.2, 0) is 0 Å². The predicted molar refractivity (Wildman–Crippen MR) is 75.0 cm³/mol. The summed E-state index contributed by atoms with van der Waals surface area (Å²) in [7, 11) is 1.55. The van der Waals surface area contributed by atoms with Crippen LogP contribution in [0.4, 0.5) is 11.5 Å². The molecule has 0 fully saturated rings. The number of ether oxygens (including phenoxy) is 1. The summed E-state index contributed by atoms with van der Waals surface area (Å²) >= 11 is 5.96. The topological polar surface area (TPSA) is 57.9 Å². The molecule has 0 amide bonds. The second-order valence-corrected chi connectivity index (χ2v) is 4.34. The highest BCUT2D eigenvalue weighted by Gasteiger charge is 2.08. The minimum Gasteiger partial charge on any atom is -0.495 e. The van der Waals surface area contributed by atoms with Gasteiger partial charge in [0, 0.05) is 18.0 Å². The van der Waals surface area contributed by atoms with Crippen LogP contribution in [0.2, 0.25) is 5.02 Å². The summed E-state index contributed by atoms with van der Waals surface area (Å²) in [5, 5.41) is 12.8. The first-order valence-electron chi connectivity index (χ1n) is 5.62. The Balaban J connectivity index is 2.37. The molecule has 0 aliphatic heterocycles. The number of rotatable bonds is 3. The lowest BCUT2D eigenvalue weighted by atomic mass is 10.1. The van der Waals surface area contributed by atoms with E-state index < -0.39 is 0 Å². The van der Waals surface area contributed by atoms with E-state index in [9.17, 15) is 0 Å². The number of hydrogen-bond acceptors (Lipinski definition) is 4. The SMILES string of the molecule is COc1cc(Nc2nccc(C)c2C#N)ccc1Cl. The molecule has 0 unspecified atom stereocenters. The minimum absolute atomic E-state index is 0.520. The Labute approximate surface area is 116 Å². The Morgan fingerprint density at radius 3 is 2.84 bits per heavy atom. The maximum absolute atomic E-state index is 9.15. The molecule has 0 atom stereocenters. The number of aromatic nitrogens is 1. The van der Waals surface area contributed by atoms with Crippen molar-refractivity contribution in [1.82, 2.24) is 4.98 Å². The van der Waals surface area contributed by atoms with Crippen LogP contribution in [-0.4, -0.2) is 12.1 Å². The first-order valence-corrected chi connectivity index (χ1v) is 5.99. The number of nitriles is 1. The lowest BCUT2D eigenvalue weighted by Crippen LogP contribution is -1.99. The Hall–Kier alpha value is -2.25. The maximum atomic E-state index is 9.15. The van der Waals surface area contributed by atoms with Crippen molar-refractivity contribution in [3.8, 4) is 11.8 Å². The highest BCUT2D eigenvalue weighted by Crippen LogP contribution is 2.29. The number of hydrogen-bond donors (Lipinski definition) is 1. The standard InChI is InChI=1S/C14H12ClN3O/c1-9-5-6-17-14(11(9)8-16)18-10-3-4-12(15)13(7-10)19-2/h3-7H,1-2H3,(H,17,18). The van der Waals surface area contributed by atoms with Gasteiger partial charge in [-0.25, -0.2) is 4.98 Å². The van der Waals surface area contributed by atoms with Gasteiger partial charge in [-0.3, -0.25) is 0 Å². The number of nitrogens with zero attached hydrogens (tertiary/aromatic N) is 2. The Kier molecular flexibility index (Phi) is 3.88. The molecule has 96 valence electrons. The molecule has 0 aliphatic carbocycles. The van der Waals surface area contributed by atoms with E-state index in [0.29, 0.717) is 22.2 Å². The zero-order valence-electron chi connectivity index (χ0n) is 10.6. The van der Waals surface area contributed by atoms with Crippen LogP contribution in [0.1, 0.15) is 11.1 Å². The summed E-state index contributed by atoms with van der Waals surface area (Å²) in [6.07, 6.45) is 1.66. The van der Waals surface area contributed by atoms with Crippen molar-refractivity contribution in [2.75, 3.05) is 12.4 Å². The second kappa shape index (κ2) is 5.59. The van der Waals surface area contributed by atoms with Gasteiger partial charge in [-0.2, -0.15) is 5.26 Å². The number of nitrogens with one attached hydrogen (secondary N) is 1. The number of aryl methyl sites for hydroxylation is 1. The van der Waals surface area contributed by atoms with E-state index in [1.54, 1.807) is 37.6 Å². The molecule has 19 heavy (non-hydrogen) atoms. The third kappa shape index (κ3) is 2.78. The van der Waals surface area contributed by atoms with Gasteiger partial charge in [0.25, 0.3) is 0 Å². The molecule has 1 N–H and O–H groups in total. The van der Waals surface area contributed by atoms with Crippen molar-refractivity contribution >= 4 is 23.1 Å². The fraction of sp³-hybridized carbons (Fsp3) is 0.143. The first-order chi connectivity index (χ1) is 9.15. The molecule has 0 aliphatic rings. The third-order valence-electron chi connectivity index (χ3n) is 2.68. The van der Waals surface area contributed by atoms with Crippen molar-refractivity contribution in [1.29, 1.82) is 5.26 Å². The van der Waals surface area contributed by atoms with Crippen molar-refractivity contribution in [3.05, 3.63) is 46.6 Å². The molecule has 0 radical (unpaired) electrons. The summed E-state index contributed by atoms with van der Waals surface area (Å²) in [5.41, 5.74) is 2.16. The lowest BCUT2D eigenvalue weighted by molar-refractivity contribution is 0.415. The zero-order chi connectivity index (χ0) is 13.8. The van der Waals surface area contributed by atoms with Gasteiger partial charge in [0.15, 0.2) is 0 Å². The van der Waals surface area contributed by atoms with Gasteiger partial charge in [0.1, 0.15) is 17.6 Å². The molecule has 1 aromatic heterocycles. The number of halogens is 1. The normalized spacial score (nSPS) is 9.79. The molecule has 2 rings (SSSR count). The van der Waals surface area contributed by atoms with E-state index in [1.165, 1.54) is 0 Å². The molecule has 1 aromatic carbocycles. The smallest absolute Gasteiger partial charge is 0.148 e. The van der Waals surface area contributed by atoms with E-state index in [1.807, 2.05) is 6.92 Å². The fourth-order valence-corrected chi connectivity index (χ4v) is 1.86. The molecule has 0 spiro atoms. The van der Waals surface area contributed by atoms with Gasteiger partial charge in [0.2, 0.25) is 0 Å². The summed E-state index contributed by atoms with van der Waals surface area (Å²) < 4.78 is 5.15. The van der Waals surface area contributed by atoms with Crippen LogP contribution in [0.5, 0.6) is 5.75 Å². The van der Waals surface area contributed by atoms with Gasteiger partial charge >= 0.3 is 0 Å². The summed E-state index contributed by atoms with van der Waals surface area (Å²) in [4.78, 5) is 4.18. The Bertz CT molecular complexity index is 650. The molecular formula is C14H12ClN3O. The highest BCUT2D eigenvalue weighted by molar-refractivity contribution is 6.32. The van der Waals surface area contributed by atoms with Crippen LogP contribution in [0.25, 0.3) is 0 Å². The van der Waals surface area contributed by atoms with Crippen molar-refractivity contribution in [3.63, 3.8) is 0 Å². The predicted octanol–water partition coefficient (Wildman–Crippen LogP) is 3.67. The van der Waals surface area contributed by atoms with Crippen LogP contribution in [0.3, 0.4) is 0 Å². The number of benzene rings is 1. The molecule has 5 heteroatoms. The fourth-order valence-electron chi connectivity index (χ4n) is 1.67. The Morgan fingerprint density at radius 2 is 2.16 bits per heavy atom. The van der Waals surface area contributed by atoms with Crippen molar-refractivity contribution in [2.24, 2.45) is 0 Å². The van der Waals surface area contributed by atoms with Crippen molar-refractivity contribution in [2.45, 2.75) is 6.92 Å². The molecule has 0 saturated heterocycles. The third-order valence-corrected chi connectivity index (χ3v) is 3.00. The van der Waals surface area contributed by atoms with Crippen LogP contribution in [0, 0.1) is 18.3 Å². The van der Waals surface area contributed by atoms with Gasteiger partial charge in [-0.1, -0.05) is 11.6 Å². The molecular weight excluding hydrogens is 262 g/mol. The quantitative estimate of drug-likeness (QED) is 0.927. The van der Waals surface area contributed by atoms with E-state index in [-0.39, 0.29) is 0 Å². The van der Waals surface area contributed by atoms with Gasteiger partial charge in [-0.05, 0) is 30.7 Å². The monoisotopic (exact) mass is 273 g/mol. The number of anilines is 2. The summed E-state index contributed by atoms with van der Waals surface area (Å²) in [6.45, 7) is 1.87. The lowest BCUT2D eigenvalue weighted by Gasteiger charge is -2.10. The number of pyridine rings is 1. The van der Waals surface area contributed by atoms with Crippen LogP contribution < -0.4 is 10.1 Å². The average molecular weight is 274 g/mol. The first kappa shape index (κ1) is 13.2. The second-order valence-electron chi connectivity index (χ2n) is 3.94. The van der Waals surface area contributed by atoms with Crippen molar-refractivity contribution < 1.29 is 4.74 Å². The molecule has 0 bridgehead atoms. The molecule has 2 aromatic rings. The van der Waals surface area contributed by atoms with Crippen LogP contribution >= 0.6 is 11.6 Å². The molecule has 4 nitrogen and oxygen atoms in total. The Morgan fingerprint density at radius 1 is 1.37 bits per heavy atom. The zero-order valence-corrected chi connectivity index (χ0v) is 11.3. The minimum atomic E-state index is 0.520. The summed E-state index contributed by atoms with van der Waals surface area (Å²) in [6, 6.07) is 9.23. The van der Waals surface area contributed by atoms with E-state index in [0.717, 1.165) is 11.3 Å².